The predicted molar refractivity (Wildman–Crippen MR) is 85.7 cm³/mol. The molecule has 2 aliphatic rings. The van der Waals surface area contributed by atoms with Crippen LogP contribution in [0.25, 0.3) is 0 Å². The molecule has 3 nitrogen and oxygen atoms in total. The summed E-state index contributed by atoms with van der Waals surface area (Å²) in [5.74, 6) is 1.05. The molecular weight excluding hydrogens is 276 g/mol. The van der Waals surface area contributed by atoms with E-state index in [9.17, 15) is 15.0 Å². The van der Waals surface area contributed by atoms with Crippen molar-refractivity contribution >= 4 is 5.78 Å². The zero-order valence-corrected chi connectivity index (χ0v) is 13.5. The van der Waals surface area contributed by atoms with Gasteiger partial charge >= 0.3 is 0 Å². The second-order valence-electron chi connectivity index (χ2n) is 7.43. The van der Waals surface area contributed by atoms with E-state index in [2.05, 4.69) is 6.92 Å². The molecule has 0 amide bonds. The first-order chi connectivity index (χ1) is 10.4. The van der Waals surface area contributed by atoms with Crippen molar-refractivity contribution in [2.24, 2.45) is 17.3 Å². The van der Waals surface area contributed by atoms with Crippen LogP contribution in [0.1, 0.15) is 50.2 Å². The van der Waals surface area contributed by atoms with Crippen LogP contribution in [0.4, 0.5) is 0 Å². The van der Waals surface area contributed by atoms with Gasteiger partial charge in [-0.3, -0.25) is 4.79 Å². The lowest BCUT2D eigenvalue weighted by molar-refractivity contribution is -0.133. The van der Waals surface area contributed by atoms with E-state index in [4.69, 9.17) is 0 Å². The Morgan fingerprint density at radius 3 is 2.86 bits per heavy atom. The number of fused-ring (bicyclic) bond motifs is 1. The van der Waals surface area contributed by atoms with Crippen LogP contribution in [0.2, 0.25) is 0 Å². The Morgan fingerprint density at radius 1 is 1.32 bits per heavy atom. The second kappa shape index (κ2) is 5.69. The highest BCUT2D eigenvalue weighted by Crippen LogP contribution is 2.54. The molecule has 0 saturated heterocycles. The molecule has 0 aromatic heterocycles. The van der Waals surface area contributed by atoms with Gasteiger partial charge in [0.15, 0.2) is 0 Å². The van der Waals surface area contributed by atoms with E-state index in [1.165, 1.54) is 0 Å². The van der Waals surface area contributed by atoms with Crippen LogP contribution in [0.15, 0.2) is 18.2 Å². The van der Waals surface area contributed by atoms with Gasteiger partial charge < -0.3 is 10.2 Å². The second-order valence-corrected chi connectivity index (χ2v) is 7.43. The van der Waals surface area contributed by atoms with Crippen LogP contribution in [-0.4, -0.2) is 22.1 Å². The van der Waals surface area contributed by atoms with Crippen molar-refractivity contribution in [1.29, 1.82) is 0 Å². The van der Waals surface area contributed by atoms with Crippen LogP contribution in [-0.2, 0) is 11.2 Å². The van der Waals surface area contributed by atoms with E-state index in [1.54, 1.807) is 6.07 Å². The third-order valence-electron chi connectivity index (χ3n) is 6.23. The number of aromatic hydroxyl groups is 1. The maximum atomic E-state index is 12.4. The van der Waals surface area contributed by atoms with Crippen molar-refractivity contribution in [1.82, 2.24) is 0 Å². The van der Waals surface area contributed by atoms with Crippen molar-refractivity contribution < 1.29 is 15.0 Å². The summed E-state index contributed by atoms with van der Waals surface area (Å²) in [5, 5.41) is 20.0. The molecule has 0 radical (unpaired) electrons. The van der Waals surface area contributed by atoms with Gasteiger partial charge in [0.25, 0.3) is 0 Å². The summed E-state index contributed by atoms with van der Waals surface area (Å²) in [5.41, 5.74) is 2.21. The lowest BCUT2D eigenvalue weighted by Gasteiger charge is -2.42. The van der Waals surface area contributed by atoms with Crippen LogP contribution >= 0.6 is 0 Å². The average molecular weight is 302 g/mol. The minimum absolute atomic E-state index is 0.0673. The first-order valence-electron chi connectivity index (χ1n) is 8.41. The molecule has 2 N–H and O–H groups in total. The van der Waals surface area contributed by atoms with E-state index < -0.39 is 0 Å². The number of carbonyl (C=O) groups is 1. The quantitative estimate of drug-likeness (QED) is 0.900. The third kappa shape index (κ3) is 2.56. The number of ketones is 1. The normalized spacial score (nSPS) is 34.7. The van der Waals surface area contributed by atoms with Gasteiger partial charge in [0.1, 0.15) is 11.5 Å². The number of phenols is 1. The summed E-state index contributed by atoms with van der Waals surface area (Å²) in [6.07, 6.45) is 4.63. The van der Waals surface area contributed by atoms with E-state index in [0.29, 0.717) is 18.1 Å². The molecule has 0 aliphatic heterocycles. The number of phenolic OH excluding ortho intramolecular Hbond substituents is 1. The number of hydrogen-bond donors (Lipinski definition) is 2. The number of Topliss-reactive ketones (excluding diaryl/α,β-unsaturated/α-hetero) is 1. The van der Waals surface area contributed by atoms with Crippen molar-refractivity contribution in [3.8, 4) is 5.75 Å². The smallest absolute Gasteiger partial charge is 0.136 e. The Bertz CT molecular complexity index is 580. The first kappa shape index (κ1) is 15.5. The summed E-state index contributed by atoms with van der Waals surface area (Å²) in [7, 11) is 0. The lowest BCUT2D eigenvalue weighted by Crippen LogP contribution is -2.43. The topological polar surface area (TPSA) is 57.5 Å². The fourth-order valence-electron chi connectivity index (χ4n) is 4.66. The Morgan fingerprint density at radius 2 is 2.09 bits per heavy atom. The van der Waals surface area contributed by atoms with Gasteiger partial charge in [-0.1, -0.05) is 13.0 Å². The minimum atomic E-state index is -0.254. The van der Waals surface area contributed by atoms with Crippen LogP contribution < -0.4 is 0 Å². The molecule has 1 aromatic carbocycles. The lowest BCUT2D eigenvalue weighted by atomic mass is 9.62. The maximum Gasteiger partial charge on any atom is 0.136 e. The molecule has 3 heteroatoms. The van der Waals surface area contributed by atoms with Crippen LogP contribution in [0.5, 0.6) is 5.75 Å². The zero-order valence-electron chi connectivity index (χ0n) is 13.5. The molecule has 1 aromatic rings. The average Bonchev–Trinajstić information content (AvgIpc) is 2.78. The Balaban J connectivity index is 1.76. The molecule has 0 spiro atoms. The Hall–Kier alpha value is -1.35. The first-order valence-corrected chi connectivity index (χ1v) is 8.41. The fraction of sp³-hybridized carbons (Fsp3) is 0.632. The molecule has 4 atom stereocenters. The minimum Gasteiger partial charge on any atom is -0.508 e. The summed E-state index contributed by atoms with van der Waals surface area (Å²) in [6, 6.07) is 5.44. The number of aliphatic hydroxyl groups is 1. The maximum absolute atomic E-state index is 12.4. The van der Waals surface area contributed by atoms with Crippen molar-refractivity contribution in [3.05, 3.63) is 29.3 Å². The molecule has 0 bridgehead atoms. The number of rotatable bonds is 3. The summed E-state index contributed by atoms with van der Waals surface area (Å²) < 4.78 is 0. The number of aliphatic hydroxyl groups excluding tert-OH is 1. The van der Waals surface area contributed by atoms with Gasteiger partial charge in [0.05, 0.1) is 6.10 Å². The van der Waals surface area contributed by atoms with Gasteiger partial charge in [-0.05, 0) is 73.6 Å². The van der Waals surface area contributed by atoms with E-state index in [0.717, 1.165) is 43.2 Å². The highest BCUT2D eigenvalue weighted by atomic mass is 16.3. The number of carbonyl (C=O) groups excluding carboxylic acids is 1. The Labute approximate surface area is 132 Å². The van der Waals surface area contributed by atoms with E-state index >= 15 is 0 Å². The van der Waals surface area contributed by atoms with Crippen molar-refractivity contribution in [2.75, 3.05) is 0 Å². The number of hydrogen-bond acceptors (Lipinski definition) is 3. The summed E-state index contributed by atoms with van der Waals surface area (Å²) >= 11 is 0. The molecule has 2 unspecified atom stereocenters. The van der Waals surface area contributed by atoms with E-state index in [1.807, 2.05) is 19.1 Å². The predicted octanol–water partition coefficient (Wildman–Crippen LogP) is 3.39. The van der Waals surface area contributed by atoms with Gasteiger partial charge in [-0.15, -0.1) is 0 Å². The third-order valence-corrected chi connectivity index (χ3v) is 6.23. The highest BCUT2D eigenvalue weighted by molar-refractivity contribution is 5.82. The van der Waals surface area contributed by atoms with Crippen LogP contribution in [0.3, 0.4) is 0 Å². The zero-order chi connectivity index (χ0) is 15.9. The largest absolute Gasteiger partial charge is 0.508 e. The van der Waals surface area contributed by atoms with Gasteiger partial charge in [0.2, 0.25) is 0 Å². The number of aryl methyl sites for hydroxylation is 2. The summed E-state index contributed by atoms with van der Waals surface area (Å²) in [6.45, 7) is 4.20. The highest BCUT2D eigenvalue weighted by Gasteiger charge is 2.52. The van der Waals surface area contributed by atoms with Gasteiger partial charge in [-0.2, -0.15) is 0 Å². The molecule has 0 heterocycles. The van der Waals surface area contributed by atoms with Crippen molar-refractivity contribution in [3.63, 3.8) is 0 Å². The fourth-order valence-corrected chi connectivity index (χ4v) is 4.66. The molecule has 2 aliphatic carbocycles. The molecule has 22 heavy (non-hydrogen) atoms. The SMILES string of the molecule is Cc1ccc(O)cc1CCC1C(=O)CC[C@]2(C)C(O)CC[C@@H]12. The standard InChI is InChI=1S/C19H26O3/c1-12-3-5-14(20)11-13(12)4-6-15-16-7-8-18(22)19(16,2)10-9-17(15)21/h3,5,11,15-16,18,20,22H,4,6-10H2,1-2H3/t15?,16-,18?,19-/m0/s1. The monoisotopic (exact) mass is 302 g/mol. The van der Waals surface area contributed by atoms with Gasteiger partial charge in [0, 0.05) is 12.3 Å². The molecule has 120 valence electrons. The van der Waals surface area contributed by atoms with Gasteiger partial charge in [-0.25, -0.2) is 0 Å². The molecule has 3 rings (SSSR count). The van der Waals surface area contributed by atoms with E-state index in [-0.39, 0.29) is 23.2 Å². The summed E-state index contributed by atoms with van der Waals surface area (Å²) in [4.78, 5) is 12.4. The van der Waals surface area contributed by atoms with Crippen molar-refractivity contribution in [2.45, 2.75) is 58.5 Å². The number of benzene rings is 1. The Kier molecular flexibility index (Phi) is 4.02. The molecule has 2 saturated carbocycles. The molecular formula is C19H26O3. The van der Waals surface area contributed by atoms with Crippen LogP contribution in [0, 0.1) is 24.2 Å². The molecule has 2 fully saturated rings.